The summed E-state index contributed by atoms with van der Waals surface area (Å²) in [6, 6.07) is 8.97. The zero-order valence-electron chi connectivity index (χ0n) is 15.1. The summed E-state index contributed by atoms with van der Waals surface area (Å²) in [5, 5.41) is 4.71. The SMILES string of the molecule is CC1(C)COc2nc3c(NCCc4c[nH]c5ccccc45)nc(I)nc3n21. The zero-order valence-corrected chi connectivity index (χ0v) is 17.2. The fraction of sp³-hybridized carbons (Fsp3) is 0.316. The number of hydrogen-bond acceptors (Lipinski definition) is 5. The highest BCUT2D eigenvalue weighted by Crippen LogP contribution is 2.36. The van der Waals surface area contributed by atoms with Crippen LogP contribution in [-0.4, -0.2) is 37.7 Å². The van der Waals surface area contributed by atoms with Gasteiger partial charge in [0, 0.05) is 46.2 Å². The van der Waals surface area contributed by atoms with E-state index in [0.717, 1.165) is 35.5 Å². The van der Waals surface area contributed by atoms with E-state index in [1.807, 2.05) is 6.07 Å². The Balaban J connectivity index is 1.44. The first kappa shape index (κ1) is 16.8. The molecule has 0 fully saturated rings. The Labute approximate surface area is 169 Å². The molecule has 0 atom stereocenters. The van der Waals surface area contributed by atoms with Gasteiger partial charge in [-0.15, -0.1) is 0 Å². The predicted molar refractivity (Wildman–Crippen MR) is 113 cm³/mol. The topological polar surface area (TPSA) is 80.7 Å². The number of fused-ring (bicyclic) bond motifs is 4. The molecule has 1 aliphatic rings. The molecule has 1 aliphatic heterocycles. The highest BCUT2D eigenvalue weighted by Gasteiger charge is 2.35. The van der Waals surface area contributed by atoms with Crippen molar-refractivity contribution in [1.29, 1.82) is 0 Å². The van der Waals surface area contributed by atoms with Gasteiger partial charge < -0.3 is 15.0 Å². The molecule has 5 rings (SSSR count). The van der Waals surface area contributed by atoms with Crippen molar-refractivity contribution in [1.82, 2.24) is 24.5 Å². The van der Waals surface area contributed by atoms with Crippen LogP contribution in [0.15, 0.2) is 30.5 Å². The lowest BCUT2D eigenvalue weighted by molar-refractivity contribution is 0.268. The van der Waals surface area contributed by atoms with Crippen LogP contribution in [0, 0.1) is 3.83 Å². The summed E-state index contributed by atoms with van der Waals surface area (Å²) in [5.74, 6) is 0.755. The lowest BCUT2D eigenvalue weighted by Gasteiger charge is -2.18. The summed E-state index contributed by atoms with van der Waals surface area (Å²) < 4.78 is 8.52. The van der Waals surface area contributed by atoms with Crippen molar-refractivity contribution >= 4 is 50.5 Å². The fourth-order valence-corrected chi connectivity index (χ4v) is 4.11. The maximum absolute atomic E-state index is 5.75. The number of rotatable bonds is 4. The second kappa shape index (κ2) is 6.08. The minimum Gasteiger partial charge on any atom is -0.462 e. The van der Waals surface area contributed by atoms with Crippen LogP contribution in [0.5, 0.6) is 6.01 Å². The van der Waals surface area contributed by atoms with E-state index in [2.05, 4.69) is 90.7 Å². The van der Waals surface area contributed by atoms with Crippen molar-refractivity contribution in [3.05, 3.63) is 39.9 Å². The van der Waals surface area contributed by atoms with Crippen LogP contribution in [0.25, 0.3) is 22.1 Å². The number of nitrogens with one attached hydrogen (secondary N) is 2. The molecule has 0 aliphatic carbocycles. The molecule has 0 bridgehead atoms. The van der Waals surface area contributed by atoms with E-state index in [1.165, 1.54) is 10.9 Å². The van der Waals surface area contributed by atoms with Crippen LogP contribution < -0.4 is 10.1 Å². The Morgan fingerprint density at radius 3 is 3.00 bits per heavy atom. The highest BCUT2D eigenvalue weighted by molar-refractivity contribution is 14.1. The smallest absolute Gasteiger partial charge is 0.299 e. The zero-order chi connectivity index (χ0) is 18.6. The standard InChI is InChI=1S/C19H19IN6O/c1-19(2)10-27-18-23-14-15(24-17(20)25-16(14)26(18)19)21-8-7-11-9-22-13-6-4-3-5-12(11)13/h3-6,9,22H,7-8,10H2,1-2H3,(H,21,24,25). The van der Waals surface area contributed by atoms with E-state index in [1.54, 1.807) is 0 Å². The van der Waals surface area contributed by atoms with Crippen LogP contribution in [-0.2, 0) is 12.0 Å². The Kier molecular flexibility index (Phi) is 3.78. The molecule has 3 aromatic heterocycles. The summed E-state index contributed by atoms with van der Waals surface area (Å²) in [5.41, 5.74) is 3.87. The van der Waals surface area contributed by atoms with Crippen LogP contribution in [0.1, 0.15) is 19.4 Å². The lowest BCUT2D eigenvalue weighted by Crippen LogP contribution is -2.26. The predicted octanol–water partition coefficient (Wildman–Crippen LogP) is 3.69. The lowest BCUT2D eigenvalue weighted by atomic mass is 10.1. The molecular formula is C19H19IN6O. The van der Waals surface area contributed by atoms with Gasteiger partial charge in [0.25, 0.3) is 6.01 Å². The van der Waals surface area contributed by atoms with Gasteiger partial charge in [-0.1, -0.05) is 18.2 Å². The first-order chi connectivity index (χ1) is 13.0. The van der Waals surface area contributed by atoms with E-state index >= 15 is 0 Å². The van der Waals surface area contributed by atoms with Gasteiger partial charge in [-0.05, 0) is 31.9 Å². The molecule has 0 saturated heterocycles. The average Bonchev–Trinajstić information content (AvgIpc) is 3.29. The maximum Gasteiger partial charge on any atom is 0.299 e. The Morgan fingerprint density at radius 2 is 2.11 bits per heavy atom. The highest BCUT2D eigenvalue weighted by atomic mass is 127. The number of nitrogens with zero attached hydrogens (tertiary/aromatic N) is 4. The number of H-pyrrole nitrogens is 1. The Hall–Kier alpha value is -2.36. The number of aromatic amines is 1. The number of aromatic nitrogens is 5. The van der Waals surface area contributed by atoms with E-state index < -0.39 is 0 Å². The number of benzene rings is 1. The third-order valence-corrected chi connectivity index (χ3v) is 5.45. The molecule has 2 N–H and O–H groups in total. The number of para-hydroxylation sites is 1. The van der Waals surface area contributed by atoms with Gasteiger partial charge in [0.15, 0.2) is 20.8 Å². The van der Waals surface area contributed by atoms with Gasteiger partial charge in [-0.3, -0.25) is 4.57 Å². The van der Waals surface area contributed by atoms with Crippen LogP contribution in [0.2, 0.25) is 0 Å². The summed E-state index contributed by atoms with van der Waals surface area (Å²) in [6.07, 6.45) is 2.97. The second-order valence-electron chi connectivity index (χ2n) is 7.38. The van der Waals surface area contributed by atoms with Crippen molar-refractivity contribution < 1.29 is 4.74 Å². The van der Waals surface area contributed by atoms with Crippen LogP contribution in [0.3, 0.4) is 0 Å². The minimum atomic E-state index is -0.164. The molecule has 7 nitrogen and oxygen atoms in total. The number of anilines is 1. The van der Waals surface area contributed by atoms with Crippen molar-refractivity contribution in [2.45, 2.75) is 25.8 Å². The van der Waals surface area contributed by atoms with Crippen molar-refractivity contribution in [3.8, 4) is 6.01 Å². The largest absolute Gasteiger partial charge is 0.462 e. The van der Waals surface area contributed by atoms with E-state index in [0.29, 0.717) is 16.4 Å². The van der Waals surface area contributed by atoms with Gasteiger partial charge in [0.1, 0.15) is 6.61 Å². The van der Waals surface area contributed by atoms with Gasteiger partial charge in [-0.25, -0.2) is 9.97 Å². The molecule has 27 heavy (non-hydrogen) atoms. The molecule has 1 aromatic carbocycles. The molecule has 8 heteroatoms. The van der Waals surface area contributed by atoms with Gasteiger partial charge in [-0.2, -0.15) is 4.98 Å². The van der Waals surface area contributed by atoms with Crippen LogP contribution in [0.4, 0.5) is 5.82 Å². The van der Waals surface area contributed by atoms with Crippen molar-refractivity contribution in [2.75, 3.05) is 18.5 Å². The number of imidazole rings is 1. The van der Waals surface area contributed by atoms with Crippen molar-refractivity contribution in [2.24, 2.45) is 0 Å². The summed E-state index contributed by atoms with van der Waals surface area (Å²) >= 11 is 2.15. The molecule has 0 amide bonds. The maximum atomic E-state index is 5.75. The van der Waals surface area contributed by atoms with Crippen molar-refractivity contribution in [3.63, 3.8) is 0 Å². The number of ether oxygens (including phenoxy) is 1. The first-order valence-electron chi connectivity index (χ1n) is 8.91. The van der Waals surface area contributed by atoms with E-state index in [9.17, 15) is 0 Å². The molecule has 4 heterocycles. The Bertz CT molecular complexity index is 1160. The molecule has 4 aromatic rings. The molecule has 0 radical (unpaired) electrons. The quantitative estimate of drug-likeness (QED) is 0.349. The molecule has 0 spiro atoms. The number of halogens is 1. The fourth-order valence-electron chi connectivity index (χ4n) is 3.64. The van der Waals surface area contributed by atoms with E-state index in [4.69, 9.17) is 4.74 Å². The Morgan fingerprint density at radius 1 is 1.26 bits per heavy atom. The van der Waals surface area contributed by atoms with Crippen LogP contribution >= 0.6 is 22.6 Å². The molecule has 0 unspecified atom stereocenters. The normalized spacial score (nSPS) is 15.2. The molecular weight excluding hydrogens is 455 g/mol. The third kappa shape index (κ3) is 2.73. The minimum absolute atomic E-state index is 0.164. The monoisotopic (exact) mass is 474 g/mol. The summed E-state index contributed by atoms with van der Waals surface area (Å²) in [4.78, 5) is 17.1. The third-order valence-electron chi connectivity index (χ3n) is 4.97. The molecule has 0 saturated carbocycles. The van der Waals surface area contributed by atoms with E-state index in [-0.39, 0.29) is 5.54 Å². The summed E-state index contributed by atoms with van der Waals surface area (Å²) in [6.45, 7) is 5.62. The van der Waals surface area contributed by atoms with Gasteiger partial charge in [0.05, 0.1) is 5.54 Å². The first-order valence-corrected chi connectivity index (χ1v) is 9.99. The molecule has 138 valence electrons. The average molecular weight is 474 g/mol. The summed E-state index contributed by atoms with van der Waals surface area (Å²) in [7, 11) is 0. The van der Waals surface area contributed by atoms with Gasteiger partial charge >= 0.3 is 0 Å². The number of hydrogen-bond donors (Lipinski definition) is 2. The van der Waals surface area contributed by atoms with Gasteiger partial charge in [0.2, 0.25) is 0 Å². The second-order valence-corrected chi connectivity index (χ2v) is 8.35.